The van der Waals surface area contributed by atoms with Crippen molar-refractivity contribution in [3.8, 4) is 0 Å². The molecule has 0 amide bonds. The summed E-state index contributed by atoms with van der Waals surface area (Å²) in [6.45, 7) is 19.4. The average Bonchev–Trinajstić information content (AvgIpc) is 2.42. The molecule has 0 heterocycles. The summed E-state index contributed by atoms with van der Waals surface area (Å²) >= 11 is 0. The van der Waals surface area contributed by atoms with Crippen molar-refractivity contribution < 1.29 is 0 Å². The average molecular weight is 322 g/mol. The molecule has 0 unspecified atom stereocenters. The third-order valence-electron chi connectivity index (χ3n) is 4.31. The van der Waals surface area contributed by atoms with E-state index in [9.17, 15) is 0 Å². The van der Waals surface area contributed by atoms with Gasteiger partial charge in [0.05, 0.1) is 0 Å². The lowest BCUT2D eigenvalue weighted by atomic mass is 10.1. The fourth-order valence-corrected chi connectivity index (χ4v) is 6.30. The van der Waals surface area contributed by atoms with Crippen LogP contribution in [-0.2, 0) is 0 Å². The highest BCUT2D eigenvalue weighted by Gasteiger charge is 2.23. The molecular weight excluding hydrogens is 295 g/mol. The van der Waals surface area contributed by atoms with Crippen LogP contribution in [0.5, 0.6) is 0 Å². The van der Waals surface area contributed by atoms with E-state index in [0.717, 1.165) is 0 Å². The van der Waals surface area contributed by atoms with Gasteiger partial charge in [-0.15, -0.1) is 5.73 Å². The minimum Gasteiger partial charge on any atom is -0.124 e. The first-order valence-electron chi connectivity index (χ1n) is 8.08. The number of allylic oxidation sites excluding steroid dienone is 1. The van der Waals surface area contributed by atoms with Crippen LogP contribution in [0.4, 0.5) is 0 Å². The van der Waals surface area contributed by atoms with Gasteiger partial charge in [-0.2, -0.15) is 0 Å². The Morgan fingerprint density at radius 1 is 0.739 bits per heavy atom. The Kier molecular flexibility index (Phi) is 5.30. The van der Waals surface area contributed by atoms with E-state index in [0.29, 0.717) is 0 Å². The molecule has 0 radical (unpaired) electrons. The molecule has 0 N–H and O–H groups in total. The van der Waals surface area contributed by atoms with Crippen LogP contribution in [-0.4, -0.2) is 0 Å². The van der Waals surface area contributed by atoms with Crippen LogP contribution in [0.3, 0.4) is 0 Å². The highest BCUT2D eigenvalue weighted by Crippen LogP contribution is 2.45. The zero-order chi connectivity index (χ0) is 17.3. The smallest absolute Gasteiger partial charge is 0.000620 e. The lowest BCUT2D eigenvalue weighted by Gasteiger charge is -2.26. The summed E-state index contributed by atoms with van der Waals surface area (Å²) < 4.78 is 0. The molecule has 1 heteroatoms. The van der Waals surface area contributed by atoms with Crippen LogP contribution in [0.1, 0.15) is 40.3 Å². The van der Waals surface area contributed by atoms with E-state index in [4.69, 9.17) is 0 Å². The van der Waals surface area contributed by atoms with E-state index < -0.39 is 7.92 Å². The molecule has 2 aromatic rings. The summed E-state index contributed by atoms with van der Waals surface area (Å²) in [5, 5.41) is 4.19. The zero-order valence-electron chi connectivity index (χ0n) is 15.5. The second-order valence-corrected chi connectivity index (χ2v) is 8.83. The molecule has 0 saturated heterocycles. The van der Waals surface area contributed by atoms with Crippen molar-refractivity contribution in [3.63, 3.8) is 0 Å². The number of hydrogen-bond acceptors (Lipinski definition) is 0. The van der Waals surface area contributed by atoms with Crippen LogP contribution in [0.25, 0.3) is 0 Å². The van der Waals surface area contributed by atoms with Gasteiger partial charge in [0.2, 0.25) is 0 Å². The number of aryl methyl sites for hydroxylation is 6. The Balaban J connectivity index is 2.83. The predicted octanol–water partition coefficient (Wildman–Crippen LogP) is 5.66. The molecule has 0 aromatic heterocycles. The molecule has 120 valence electrons. The highest BCUT2D eigenvalue weighted by atomic mass is 31.1. The monoisotopic (exact) mass is 322 g/mol. The lowest BCUT2D eigenvalue weighted by molar-refractivity contribution is 1.34. The van der Waals surface area contributed by atoms with Gasteiger partial charge in [-0.1, -0.05) is 42.0 Å². The molecule has 0 nitrogen and oxygen atoms in total. The van der Waals surface area contributed by atoms with Crippen LogP contribution in [0.2, 0.25) is 0 Å². The van der Waals surface area contributed by atoms with Crippen molar-refractivity contribution in [2.45, 2.75) is 48.5 Å². The van der Waals surface area contributed by atoms with Crippen LogP contribution in [0.15, 0.2) is 41.9 Å². The minimum atomic E-state index is -0.577. The molecule has 0 atom stereocenters. The maximum absolute atomic E-state index is 3.94. The fourth-order valence-electron chi connectivity index (χ4n) is 3.58. The highest BCUT2D eigenvalue weighted by molar-refractivity contribution is 7.77. The lowest BCUT2D eigenvalue weighted by Crippen LogP contribution is -2.22. The minimum absolute atomic E-state index is 0.577. The number of hydrogen-bond donors (Lipinski definition) is 0. The van der Waals surface area contributed by atoms with Crippen molar-refractivity contribution in [1.82, 2.24) is 0 Å². The van der Waals surface area contributed by atoms with E-state index >= 15 is 0 Å². The van der Waals surface area contributed by atoms with Gasteiger partial charge in [0.15, 0.2) is 0 Å². The second-order valence-electron chi connectivity index (χ2n) is 6.59. The van der Waals surface area contributed by atoms with E-state index in [1.54, 1.807) is 0 Å². The van der Waals surface area contributed by atoms with Gasteiger partial charge in [-0.25, -0.2) is 0 Å². The fraction of sp³-hybridized carbons (Fsp3) is 0.318. The first-order valence-corrected chi connectivity index (χ1v) is 9.43. The van der Waals surface area contributed by atoms with Crippen LogP contribution >= 0.6 is 7.92 Å². The van der Waals surface area contributed by atoms with Crippen molar-refractivity contribution in [1.29, 1.82) is 0 Å². The quantitative estimate of drug-likeness (QED) is 0.505. The predicted molar refractivity (Wildman–Crippen MR) is 106 cm³/mol. The SMILES string of the molecule is C=C=C(C)P(c1c(C)cc(C)cc1C)c1c(C)cc(C)cc1C. The topological polar surface area (TPSA) is 0 Å². The Morgan fingerprint density at radius 3 is 1.30 bits per heavy atom. The van der Waals surface area contributed by atoms with Gasteiger partial charge < -0.3 is 0 Å². The molecule has 2 rings (SSSR count). The third kappa shape index (κ3) is 3.50. The van der Waals surface area contributed by atoms with Crippen LogP contribution in [0, 0.1) is 41.5 Å². The van der Waals surface area contributed by atoms with Crippen molar-refractivity contribution in [3.05, 3.63) is 75.3 Å². The van der Waals surface area contributed by atoms with E-state index in [-0.39, 0.29) is 0 Å². The summed E-state index contributed by atoms with van der Waals surface area (Å²) in [5.74, 6) is 0. The Labute approximate surface area is 142 Å². The summed E-state index contributed by atoms with van der Waals surface area (Å²) in [4.78, 5) is 0. The van der Waals surface area contributed by atoms with Crippen molar-refractivity contribution in [2.75, 3.05) is 0 Å². The molecule has 0 aliphatic carbocycles. The Morgan fingerprint density at radius 2 is 1.04 bits per heavy atom. The molecule has 0 bridgehead atoms. The second kappa shape index (κ2) is 6.88. The van der Waals surface area contributed by atoms with Gasteiger partial charge in [-0.05, 0) is 89.3 Å². The maximum atomic E-state index is 3.94. The molecule has 0 saturated carbocycles. The summed E-state index contributed by atoms with van der Waals surface area (Å²) in [5.41, 5.74) is 11.4. The van der Waals surface area contributed by atoms with E-state index in [1.165, 1.54) is 49.3 Å². The molecule has 2 aromatic carbocycles. The third-order valence-corrected chi connectivity index (χ3v) is 7.44. The normalized spacial score (nSPS) is 10.8. The van der Waals surface area contributed by atoms with Gasteiger partial charge in [0.1, 0.15) is 0 Å². The molecule has 0 spiro atoms. The molecular formula is C22H27P. The Bertz CT molecular complexity index is 701. The van der Waals surface area contributed by atoms with E-state index in [1.807, 2.05) is 0 Å². The molecule has 0 fully saturated rings. The van der Waals surface area contributed by atoms with Crippen LogP contribution < -0.4 is 10.6 Å². The van der Waals surface area contributed by atoms with Gasteiger partial charge in [0, 0.05) is 5.31 Å². The largest absolute Gasteiger partial charge is 0.124 e. The van der Waals surface area contributed by atoms with Gasteiger partial charge in [-0.3, -0.25) is 0 Å². The van der Waals surface area contributed by atoms with Crippen molar-refractivity contribution in [2.24, 2.45) is 0 Å². The van der Waals surface area contributed by atoms with Crippen molar-refractivity contribution >= 4 is 18.5 Å². The first kappa shape index (κ1) is 17.7. The number of rotatable bonds is 3. The molecule has 0 aliphatic rings. The Hall–Kier alpha value is -1.61. The summed E-state index contributed by atoms with van der Waals surface area (Å²) in [6, 6.07) is 9.19. The number of benzene rings is 2. The summed E-state index contributed by atoms with van der Waals surface area (Å²) in [6.07, 6.45) is 0. The zero-order valence-corrected chi connectivity index (χ0v) is 16.4. The first-order chi connectivity index (χ1) is 10.8. The van der Waals surface area contributed by atoms with Gasteiger partial charge in [0.25, 0.3) is 0 Å². The van der Waals surface area contributed by atoms with Gasteiger partial charge >= 0.3 is 0 Å². The maximum Gasteiger partial charge on any atom is 0.000620 e. The summed E-state index contributed by atoms with van der Waals surface area (Å²) in [7, 11) is -0.577. The molecule has 0 aliphatic heterocycles. The standard InChI is InChI=1S/C22H27P/c1-9-20(8)23(21-16(4)10-14(2)11-17(21)5)22-18(6)12-15(3)13-19(22)7/h10-13H,1H2,2-8H3. The van der Waals surface area contributed by atoms with E-state index in [2.05, 4.69) is 85.0 Å². The molecule has 23 heavy (non-hydrogen) atoms.